The van der Waals surface area contributed by atoms with E-state index in [4.69, 9.17) is 9.47 Å². The molecule has 0 aliphatic carbocycles. The van der Waals surface area contributed by atoms with Crippen molar-refractivity contribution < 1.29 is 61.8 Å². The van der Waals surface area contributed by atoms with E-state index in [-0.39, 0.29) is 10.3 Å². The maximum Gasteiger partial charge on any atom is 0.550 e. The lowest BCUT2D eigenvalue weighted by Crippen LogP contribution is -2.28. The number of unbranched alkanes of at least 4 members (excludes halogenated alkanes) is 10. The van der Waals surface area contributed by atoms with E-state index >= 15 is 0 Å². The van der Waals surface area contributed by atoms with Crippen LogP contribution < -0.4 is 13.7 Å². The maximum atomic E-state index is 13.5. The highest BCUT2D eigenvalue weighted by atomic mass is 32.2. The third kappa shape index (κ3) is 12.8. The Morgan fingerprint density at radius 2 is 0.967 bits per heavy atom. The molecule has 0 aliphatic heterocycles. The van der Waals surface area contributed by atoms with Gasteiger partial charge in [0.15, 0.2) is 0 Å². The zero-order valence-electron chi connectivity index (χ0n) is 33.3. The summed E-state index contributed by atoms with van der Waals surface area (Å²) in [6.07, 6.45) is 7.72. The molecule has 16 heteroatoms. The molecule has 8 nitrogen and oxygen atoms in total. The van der Waals surface area contributed by atoms with E-state index in [1.165, 1.54) is 43.2 Å². The van der Waals surface area contributed by atoms with Gasteiger partial charge in [-0.2, -0.15) is 21.6 Å². The van der Waals surface area contributed by atoms with Gasteiger partial charge in [-0.3, -0.25) is 0 Å². The largest absolute Gasteiger partial charge is 0.550 e. The van der Waals surface area contributed by atoms with Crippen molar-refractivity contribution in [3.63, 3.8) is 0 Å². The summed E-state index contributed by atoms with van der Waals surface area (Å²) in [5.74, 6) is 0.527. The van der Waals surface area contributed by atoms with E-state index in [0.29, 0.717) is 63.1 Å². The minimum atomic E-state index is -6.05. The molecule has 0 aliphatic rings. The molecule has 0 bridgehead atoms. The summed E-state index contributed by atoms with van der Waals surface area (Å²) in [7, 11) is -6.05. The number of halogens is 6. The number of ether oxygens (including phenoxy) is 2. The lowest BCUT2D eigenvalue weighted by atomic mass is 9.86. The van der Waals surface area contributed by atoms with Crippen LogP contribution >= 0.6 is 0 Å². The number of rotatable bonds is 23. The summed E-state index contributed by atoms with van der Waals surface area (Å²) >= 11 is -2.75. The molecule has 60 heavy (non-hydrogen) atoms. The Morgan fingerprint density at radius 3 is 1.43 bits per heavy atom. The molecule has 0 aromatic heterocycles. The molecule has 5 rings (SSSR count). The SMILES string of the molecule is CCCCCCCCOc1ccc(-c2c3ccc(S(=O)OOC(F)(F)F)cc3c(-c3ccc(OCCCCCCCC)cc3)c3ccc(OS(=O)(=O)C(F)(F)F)cc23)cc1. The van der Waals surface area contributed by atoms with E-state index < -0.39 is 38.8 Å². The highest BCUT2D eigenvalue weighted by Gasteiger charge is 2.48. The first-order valence-electron chi connectivity index (χ1n) is 20.0. The van der Waals surface area contributed by atoms with Crippen molar-refractivity contribution >= 4 is 42.7 Å². The van der Waals surface area contributed by atoms with Crippen LogP contribution in [-0.2, 0) is 30.4 Å². The maximum absolute atomic E-state index is 13.5. The first-order valence-corrected chi connectivity index (χ1v) is 22.5. The third-order valence-electron chi connectivity index (χ3n) is 9.75. The van der Waals surface area contributed by atoms with Crippen molar-refractivity contribution in [2.24, 2.45) is 0 Å². The molecule has 0 fully saturated rings. The molecule has 0 saturated heterocycles. The van der Waals surface area contributed by atoms with Crippen LogP contribution in [0.5, 0.6) is 17.2 Å². The average molecular weight is 883 g/mol. The molecule has 326 valence electrons. The Labute approximate surface area is 348 Å². The Hall–Kier alpha value is -4.38. The Morgan fingerprint density at radius 1 is 0.533 bits per heavy atom. The van der Waals surface area contributed by atoms with E-state index in [2.05, 4.69) is 27.3 Å². The average Bonchev–Trinajstić information content (AvgIpc) is 3.21. The first-order chi connectivity index (χ1) is 28.6. The predicted octanol–water partition coefficient (Wildman–Crippen LogP) is 13.5. The molecule has 5 aromatic rings. The molecular weight excluding hydrogens is 835 g/mol. The van der Waals surface area contributed by atoms with Gasteiger partial charge in [-0.25, -0.2) is 4.21 Å². The van der Waals surface area contributed by atoms with Gasteiger partial charge in [0.2, 0.25) is 11.1 Å². The molecule has 0 amide bonds. The van der Waals surface area contributed by atoms with E-state index in [1.807, 2.05) is 0 Å². The zero-order valence-corrected chi connectivity index (χ0v) is 35.0. The van der Waals surface area contributed by atoms with Gasteiger partial charge in [-0.15, -0.1) is 22.4 Å². The highest BCUT2D eigenvalue weighted by Crippen LogP contribution is 2.46. The van der Waals surface area contributed by atoms with Crippen molar-refractivity contribution in [2.75, 3.05) is 13.2 Å². The van der Waals surface area contributed by atoms with Gasteiger partial charge in [-0.05, 0) is 111 Å². The fourth-order valence-corrected chi connectivity index (χ4v) is 7.89. The zero-order chi connectivity index (χ0) is 43.3. The molecule has 0 radical (unpaired) electrons. The van der Waals surface area contributed by atoms with Gasteiger partial charge >= 0.3 is 22.0 Å². The van der Waals surface area contributed by atoms with E-state index in [1.54, 1.807) is 48.5 Å². The fraction of sp³-hybridized carbons (Fsp3) is 0.409. The minimum Gasteiger partial charge on any atom is -0.494 e. The molecule has 1 atom stereocenters. The van der Waals surface area contributed by atoms with Crippen LogP contribution in [0.1, 0.15) is 90.9 Å². The predicted molar refractivity (Wildman–Crippen MR) is 220 cm³/mol. The van der Waals surface area contributed by atoms with Gasteiger partial charge in [0, 0.05) is 0 Å². The van der Waals surface area contributed by atoms with Crippen LogP contribution in [-0.4, -0.2) is 37.7 Å². The second kappa shape index (κ2) is 21.4. The Bertz CT molecular complexity index is 2300. The Kier molecular flexibility index (Phi) is 16.7. The molecular formula is C44H48F6O8S2. The van der Waals surface area contributed by atoms with Crippen molar-refractivity contribution in [1.82, 2.24) is 0 Å². The minimum absolute atomic E-state index is 0.188. The molecule has 0 N–H and O–H groups in total. The summed E-state index contributed by atoms with van der Waals surface area (Å²) in [6, 6.07) is 21.6. The van der Waals surface area contributed by atoms with Crippen molar-refractivity contribution in [3.05, 3.63) is 84.9 Å². The van der Waals surface area contributed by atoms with E-state index in [0.717, 1.165) is 70.3 Å². The van der Waals surface area contributed by atoms with Crippen LogP contribution in [0.25, 0.3) is 43.8 Å². The van der Waals surface area contributed by atoms with Crippen molar-refractivity contribution in [3.8, 4) is 39.5 Å². The van der Waals surface area contributed by atoms with Crippen molar-refractivity contribution in [2.45, 2.75) is 108 Å². The number of hydrogen-bond acceptors (Lipinski definition) is 8. The standard InChI is InChI=1S/C44H48F6O8S2/c1-3-5-7-9-11-13-27-54-33-19-15-31(16-20-33)41-38-26-24-36(59(51)58-57-43(45,46)47)30-40(38)42(32-17-21-34(22-18-32)55-28-14-12-10-8-6-4-2)37-25-23-35(29-39(37)41)56-60(52,53)44(48,49)50/h15-26,29-30H,3-14,27-28H2,1-2H3. The summed E-state index contributed by atoms with van der Waals surface area (Å²) < 4.78 is 137. The summed E-state index contributed by atoms with van der Waals surface area (Å²) in [5, 5.41) is 1.48. The van der Waals surface area contributed by atoms with Crippen LogP contribution in [0.15, 0.2) is 89.8 Å². The van der Waals surface area contributed by atoms with Gasteiger partial charge < -0.3 is 13.7 Å². The van der Waals surface area contributed by atoms with Gasteiger partial charge in [0.05, 0.1) is 18.1 Å². The number of fused-ring (bicyclic) bond motifs is 2. The smallest absolute Gasteiger partial charge is 0.494 e. The molecule has 5 aromatic carbocycles. The van der Waals surface area contributed by atoms with E-state index in [9.17, 15) is 39.0 Å². The number of alkyl halides is 6. The Balaban J connectivity index is 1.62. The topological polar surface area (TPSA) is 97.4 Å². The second-order valence-electron chi connectivity index (χ2n) is 14.3. The fourth-order valence-electron chi connectivity index (χ4n) is 6.83. The molecule has 0 saturated carbocycles. The van der Waals surface area contributed by atoms with Crippen molar-refractivity contribution in [1.29, 1.82) is 0 Å². The highest BCUT2D eigenvalue weighted by molar-refractivity contribution is 7.88. The second-order valence-corrected chi connectivity index (χ2v) is 16.9. The number of benzene rings is 5. The van der Waals surface area contributed by atoms with Crippen LogP contribution in [0.3, 0.4) is 0 Å². The van der Waals surface area contributed by atoms with Crippen LogP contribution in [0.2, 0.25) is 0 Å². The number of hydrogen-bond donors (Lipinski definition) is 0. The normalized spacial score (nSPS) is 12.9. The lowest BCUT2D eigenvalue weighted by molar-refractivity contribution is -0.442. The lowest BCUT2D eigenvalue weighted by Gasteiger charge is -2.20. The van der Waals surface area contributed by atoms with Crippen LogP contribution in [0.4, 0.5) is 26.3 Å². The first kappa shape index (κ1) is 46.7. The summed E-state index contributed by atoms with van der Waals surface area (Å²) in [4.78, 5) is 3.20. The molecule has 1 unspecified atom stereocenters. The molecule has 0 heterocycles. The van der Waals surface area contributed by atoms with Gasteiger partial charge in [-0.1, -0.05) is 108 Å². The summed E-state index contributed by atoms with van der Waals surface area (Å²) in [6.45, 7) is 5.28. The summed E-state index contributed by atoms with van der Waals surface area (Å²) in [5.41, 5.74) is -3.78. The monoisotopic (exact) mass is 882 g/mol. The van der Waals surface area contributed by atoms with Gasteiger partial charge in [0.25, 0.3) is 0 Å². The van der Waals surface area contributed by atoms with Crippen LogP contribution in [0, 0.1) is 0 Å². The molecule has 0 spiro atoms. The quantitative estimate of drug-likeness (QED) is 0.0122. The third-order valence-corrected chi connectivity index (χ3v) is 11.6. The van der Waals surface area contributed by atoms with Gasteiger partial charge in [0.1, 0.15) is 17.2 Å².